The van der Waals surface area contributed by atoms with Crippen LogP contribution in [0.3, 0.4) is 0 Å². The van der Waals surface area contributed by atoms with Gasteiger partial charge < -0.3 is 5.73 Å². The standard InChI is InChI=1S/C8H18N4O2S/c1-2-11-15(13,14)12-5-3-4-7(6-12)8(9)10/h7,11H,2-6H2,1H3,(H3,9,10). The Hall–Kier alpha value is -0.660. The molecule has 1 aliphatic heterocycles. The maximum atomic E-state index is 11.7. The van der Waals surface area contributed by atoms with Gasteiger partial charge in [0.05, 0.1) is 5.84 Å². The Morgan fingerprint density at radius 3 is 2.87 bits per heavy atom. The SMILES string of the molecule is CCNS(=O)(=O)N1CCCC(C(=N)N)C1. The molecule has 1 rings (SSSR count). The van der Waals surface area contributed by atoms with Crippen molar-refractivity contribution < 1.29 is 8.42 Å². The number of piperidine rings is 1. The van der Waals surface area contributed by atoms with E-state index in [1.807, 2.05) is 0 Å². The molecule has 0 aromatic heterocycles. The second-order valence-corrected chi connectivity index (χ2v) is 5.41. The average Bonchev–Trinajstić information content (AvgIpc) is 2.18. The molecule has 88 valence electrons. The smallest absolute Gasteiger partial charge is 0.279 e. The van der Waals surface area contributed by atoms with E-state index in [4.69, 9.17) is 11.1 Å². The monoisotopic (exact) mass is 234 g/mol. The molecule has 15 heavy (non-hydrogen) atoms. The van der Waals surface area contributed by atoms with E-state index in [1.54, 1.807) is 6.92 Å². The molecule has 0 aromatic carbocycles. The van der Waals surface area contributed by atoms with E-state index in [9.17, 15) is 8.42 Å². The highest BCUT2D eigenvalue weighted by Gasteiger charge is 2.29. The summed E-state index contributed by atoms with van der Waals surface area (Å²) in [4.78, 5) is 0. The molecule has 0 aliphatic carbocycles. The van der Waals surface area contributed by atoms with Crippen molar-refractivity contribution in [1.82, 2.24) is 9.03 Å². The van der Waals surface area contributed by atoms with Crippen molar-refractivity contribution in [3.05, 3.63) is 0 Å². The van der Waals surface area contributed by atoms with Gasteiger partial charge in [-0.3, -0.25) is 5.41 Å². The van der Waals surface area contributed by atoms with E-state index >= 15 is 0 Å². The van der Waals surface area contributed by atoms with Gasteiger partial charge in [-0.1, -0.05) is 6.92 Å². The normalized spacial score (nSPS) is 23.9. The topological polar surface area (TPSA) is 99.3 Å². The second kappa shape index (κ2) is 4.91. The molecule has 1 heterocycles. The van der Waals surface area contributed by atoms with Crippen LogP contribution < -0.4 is 10.5 Å². The number of hydrogen-bond donors (Lipinski definition) is 3. The van der Waals surface area contributed by atoms with Gasteiger partial charge in [0, 0.05) is 25.6 Å². The molecule has 0 amide bonds. The van der Waals surface area contributed by atoms with E-state index in [1.165, 1.54) is 4.31 Å². The summed E-state index contributed by atoms with van der Waals surface area (Å²) in [6, 6.07) is 0. The van der Waals surface area contributed by atoms with Crippen LogP contribution in [0.2, 0.25) is 0 Å². The van der Waals surface area contributed by atoms with Crippen LogP contribution in [-0.2, 0) is 10.2 Å². The Balaban J connectivity index is 2.67. The van der Waals surface area contributed by atoms with E-state index in [0.717, 1.165) is 12.8 Å². The first-order valence-corrected chi connectivity index (χ1v) is 6.50. The molecule has 4 N–H and O–H groups in total. The van der Waals surface area contributed by atoms with Crippen LogP contribution in [0.25, 0.3) is 0 Å². The van der Waals surface area contributed by atoms with Gasteiger partial charge in [-0.05, 0) is 12.8 Å². The van der Waals surface area contributed by atoms with Crippen molar-refractivity contribution in [3.8, 4) is 0 Å². The van der Waals surface area contributed by atoms with Gasteiger partial charge in [0.2, 0.25) is 0 Å². The van der Waals surface area contributed by atoms with Crippen molar-refractivity contribution in [2.75, 3.05) is 19.6 Å². The van der Waals surface area contributed by atoms with Crippen LogP contribution in [0.1, 0.15) is 19.8 Å². The Kier molecular flexibility index (Phi) is 4.06. The van der Waals surface area contributed by atoms with Gasteiger partial charge in [-0.25, -0.2) is 4.72 Å². The maximum Gasteiger partial charge on any atom is 0.279 e. The minimum Gasteiger partial charge on any atom is -0.387 e. The van der Waals surface area contributed by atoms with Gasteiger partial charge in [0.25, 0.3) is 10.2 Å². The first kappa shape index (κ1) is 12.4. The fraction of sp³-hybridized carbons (Fsp3) is 0.875. The fourth-order valence-electron chi connectivity index (χ4n) is 1.69. The predicted octanol–water partition coefficient (Wildman–Crippen LogP) is -0.511. The predicted molar refractivity (Wildman–Crippen MR) is 58.8 cm³/mol. The summed E-state index contributed by atoms with van der Waals surface area (Å²) in [7, 11) is -3.37. The number of rotatable bonds is 4. The molecule has 1 aliphatic rings. The lowest BCUT2D eigenvalue weighted by atomic mass is 9.99. The van der Waals surface area contributed by atoms with Gasteiger partial charge >= 0.3 is 0 Å². The summed E-state index contributed by atoms with van der Waals surface area (Å²) >= 11 is 0. The van der Waals surface area contributed by atoms with Crippen LogP contribution in [0.4, 0.5) is 0 Å². The highest BCUT2D eigenvalue weighted by molar-refractivity contribution is 7.87. The van der Waals surface area contributed by atoms with Gasteiger partial charge in [-0.2, -0.15) is 12.7 Å². The molecule has 0 bridgehead atoms. The van der Waals surface area contributed by atoms with Crippen LogP contribution in [0.5, 0.6) is 0 Å². The van der Waals surface area contributed by atoms with E-state index in [0.29, 0.717) is 19.6 Å². The summed E-state index contributed by atoms with van der Waals surface area (Å²) in [5, 5.41) is 7.32. The number of nitrogens with one attached hydrogen (secondary N) is 2. The molecule has 1 atom stereocenters. The number of amidine groups is 1. The summed E-state index contributed by atoms with van der Waals surface area (Å²) in [6.45, 7) is 2.96. The van der Waals surface area contributed by atoms with Crippen LogP contribution in [0.15, 0.2) is 0 Å². The summed E-state index contributed by atoms with van der Waals surface area (Å²) in [5.74, 6) is -0.0569. The summed E-state index contributed by atoms with van der Waals surface area (Å²) < 4.78 is 27.1. The van der Waals surface area contributed by atoms with Crippen molar-refractivity contribution in [3.63, 3.8) is 0 Å². The molecule has 0 saturated carbocycles. The molecular formula is C8H18N4O2S. The maximum absolute atomic E-state index is 11.7. The van der Waals surface area contributed by atoms with Crippen molar-refractivity contribution in [1.29, 1.82) is 5.41 Å². The Bertz CT molecular complexity index is 328. The van der Waals surface area contributed by atoms with Crippen molar-refractivity contribution in [2.24, 2.45) is 11.7 Å². The quantitative estimate of drug-likeness (QED) is 0.451. The fourth-order valence-corrected chi connectivity index (χ4v) is 2.98. The lowest BCUT2D eigenvalue weighted by Crippen LogP contribution is -2.48. The van der Waals surface area contributed by atoms with Gasteiger partial charge in [-0.15, -0.1) is 0 Å². The second-order valence-electron chi connectivity index (χ2n) is 3.66. The molecule has 0 radical (unpaired) electrons. The molecule has 1 unspecified atom stereocenters. The number of nitrogens with zero attached hydrogens (tertiary/aromatic N) is 1. The van der Waals surface area contributed by atoms with Crippen LogP contribution in [0, 0.1) is 11.3 Å². The third kappa shape index (κ3) is 3.15. The third-order valence-corrected chi connectivity index (χ3v) is 4.16. The first-order chi connectivity index (χ1) is 6.97. The highest BCUT2D eigenvalue weighted by atomic mass is 32.2. The zero-order chi connectivity index (χ0) is 11.5. The largest absolute Gasteiger partial charge is 0.387 e. The zero-order valence-corrected chi connectivity index (χ0v) is 9.68. The highest BCUT2D eigenvalue weighted by Crippen LogP contribution is 2.18. The third-order valence-electron chi connectivity index (χ3n) is 2.49. The lowest BCUT2D eigenvalue weighted by Gasteiger charge is -2.31. The molecule has 1 fully saturated rings. The Labute approximate surface area is 90.5 Å². The van der Waals surface area contributed by atoms with Crippen LogP contribution in [-0.4, -0.2) is 38.2 Å². The van der Waals surface area contributed by atoms with Gasteiger partial charge in [0.1, 0.15) is 0 Å². The number of nitrogens with two attached hydrogens (primary N) is 1. The number of hydrogen-bond acceptors (Lipinski definition) is 3. The Morgan fingerprint density at radius 2 is 2.33 bits per heavy atom. The zero-order valence-electron chi connectivity index (χ0n) is 8.86. The molecule has 1 saturated heterocycles. The molecule has 7 heteroatoms. The van der Waals surface area contributed by atoms with E-state index in [2.05, 4.69) is 4.72 Å². The van der Waals surface area contributed by atoms with Crippen molar-refractivity contribution >= 4 is 16.0 Å². The first-order valence-electron chi connectivity index (χ1n) is 5.06. The Morgan fingerprint density at radius 1 is 1.67 bits per heavy atom. The lowest BCUT2D eigenvalue weighted by molar-refractivity contribution is 0.307. The molecule has 0 spiro atoms. The molecular weight excluding hydrogens is 216 g/mol. The van der Waals surface area contributed by atoms with Gasteiger partial charge in [0.15, 0.2) is 0 Å². The van der Waals surface area contributed by atoms with Crippen LogP contribution >= 0.6 is 0 Å². The van der Waals surface area contributed by atoms with E-state index in [-0.39, 0.29) is 11.8 Å². The average molecular weight is 234 g/mol. The summed E-state index contributed by atoms with van der Waals surface area (Å²) in [5.41, 5.74) is 5.39. The molecule has 0 aromatic rings. The van der Waals surface area contributed by atoms with Crippen molar-refractivity contribution in [2.45, 2.75) is 19.8 Å². The summed E-state index contributed by atoms with van der Waals surface area (Å²) in [6.07, 6.45) is 1.56. The van der Waals surface area contributed by atoms with E-state index < -0.39 is 10.2 Å². The minimum absolute atomic E-state index is 0.0754. The molecule has 6 nitrogen and oxygen atoms in total. The minimum atomic E-state index is -3.37.